The van der Waals surface area contributed by atoms with E-state index in [0.29, 0.717) is 4.99 Å². The first-order valence-electron chi connectivity index (χ1n) is 5.79. The summed E-state index contributed by atoms with van der Waals surface area (Å²) < 4.78 is 2.76. The fourth-order valence-electron chi connectivity index (χ4n) is 1.82. The van der Waals surface area contributed by atoms with Crippen molar-refractivity contribution in [2.24, 2.45) is 12.8 Å². The third-order valence-corrected chi connectivity index (χ3v) is 3.73. The number of halogens is 1. The Balaban J connectivity index is 2.12. The van der Waals surface area contributed by atoms with Gasteiger partial charge in [0.05, 0.1) is 5.69 Å². The van der Waals surface area contributed by atoms with E-state index in [1.807, 2.05) is 43.0 Å². The average Bonchev–Trinajstić information content (AvgIpc) is 2.66. The summed E-state index contributed by atoms with van der Waals surface area (Å²) in [6, 6.07) is 5.79. The van der Waals surface area contributed by atoms with Gasteiger partial charge in [0.1, 0.15) is 4.99 Å². The average molecular weight is 339 g/mol. The molecule has 0 unspecified atom stereocenters. The van der Waals surface area contributed by atoms with Crippen molar-refractivity contribution in [2.45, 2.75) is 13.5 Å². The fraction of sp³-hybridized carbons (Fsp3) is 0.231. The topological polar surface area (TPSA) is 55.9 Å². The Hall–Kier alpha value is -1.40. The maximum Gasteiger partial charge on any atom is 0.104 e. The van der Waals surface area contributed by atoms with Gasteiger partial charge in [0, 0.05) is 41.1 Å². The van der Waals surface area contributed by atoms with Crippen molar-refractivity contribution in [3.63, 3.8) is 0 Å². The number of nitrogens with one attached hydrogen (secondary N) is 1. The zero-order valence-electron chi connectivity index (χ0n) is 10.8. The third-order valence-electron chi connectivity index (χ3n) is 2.84. The molecule has 0 amide bonds. The van der Waals surface area contributed by atoms with Gasteiger partial charge in [0.2, 0.25) is 0 Å². The molecule has 0 bridgehead atoms. The van der Waals surface area contributed by atoms with Crippen molar-refractivity contribution in [1.29, 1.82) is 0 Å². The van der Waals surface area contributed by atoms with Crippen LogP contribution in [0, 0.1) is 6.92 Å². The van der Waals surface area contributed by atoms with Crippen LogP contribution in [0.1, 0.15) is 16.8 Å². The van der Waals surface area contributed by atoms with E-state index < -0.39 is 0 Å². The lowest BCUT2D eigenvalue weighted by Crippen LogP contribution is -2.09. The van der Waals surface area contributed by atoms with Gasteiger partial charge in [0.15, 0.2) is 0 Å². The molecule has 19 heavy (non-hydrogen) atoms. The largest absolute Gasteiger partial charge is 0.389 e. The summed E-state index contributed by atoms with van der Waals surface area (Å²) in [6.45, 7) is 2.73. The molecular formula is C13H15BrN4S. The summed E-state index contributed by atoms with van der Waals surface area (Å²) in [4.78, 5) is 0.398. The summed E-state index contributed by atoms with van der Waals surface area (Å²) >= 11 is 8.47. The first-order valence-corrected chi connectivity index (χ1v) is 7.00. The lowest BCUT2D eigenvalue weighted by atomic mass is 10.2. The number of thiocarbonyl (C=S) groups is 1. The van der Waals surface area contributed by atoms with Gasteiger partial charge in [-0.3, -0.25) is 4.68 Å². The van der Waals surface area contributed by atoms with E-state index in [2.05, 4.69) is 26.3 Å². The zero-order chi connectivity index (χ0) is 14.0. The van der Waals surface area contributed by atoms with Crippen LogP contribution >= 0.6 is 28.1 Å². The Bertz CT molecular complexity index is 621. The molecule has 3 N–H and O–H groups in total. The molecule has 0 saturated carbocycles. The highest BCUT2D eigenvalue weighted by Gasteiger charge is 2.06. The maximum absolute atomic E-state index is 5.60. The molecule has 6 heteroatoms. The molecular weight excluding hydrogens is 324 g/mol. The van der Waals surface area contributed by atoms with Crippen molar-refractivity contribution in [3.8, 4) is 0 Å². The second-order valence-electron chi connectivity index (χ2n) is 4.33. The molecule has 0 fully saturated rings. The number of nitrogens with two attached hydrogens (primary N) is 1. The molecule has 1 aromatic heterocycles. The number of hydrogen-bond donors (Lipinski definition) is 2. The zero-order valence-corrected chi connectivity index (χ0v) is 13.2. The van der Waals surface area contributed by atoms with E-state index in [1.165, 1.54) is 5.56 Å². The number of aromatic nitrogens is 2. The Morgan fingerprint density at radius 3 is 2.79 bits per heavy atom. The molecule has 100 valence electrons. The number of hydrogen-bond acceptors (Lipinski definition) is 3. The SMILES string of the molecule is Cc1nn(C)cc1CNc1ccc(C(N)=S)cc1Br. The molecule has 2 aromatic rings. The lowest BCUT2D eigenvalue weighted by Gasteiger charge is -2.09. The predicted molar refractivity (Wildman–Crippen MR) is 85.3 cm³/mol. The van der Waals surface area contributed by atoms with Crippen LogP contribution in [0.15, 0.2) is 28.9 Å². The molecule has 4 nitrogen and oxygen atoms in total. The summed E-state index contributed by atoms with van der Waals surface area (Å²) in [5.41, 5.74) is 9.66. The molecule has 0 spiro atoms. The van der Waals surface area contributed by atoms with Crippen LogP contribution in [-0.4, -0.2) is 14.8 Å². The number of anilines is 1. The molecule has 2 rings (SSSR count). The molecule has 0 aliphatic carbocycles. The van der Waals surface area contributed by atoms with E-state index in [9.17, 15) is 0 Å². The van der Waals surface area contributed by atoms with Crippen molar-refractivity contribution in [1.82, 2.24) is 9.78 Å². The predicted octanol–water partition coefficient (Wildman–Crippen LogP) is 2.74. The Morgan fingerprint density at radius 2 is 2.26 bits per heavy atom. The second kappa shape index (κ2) is 5.71. The van der Waals surface area contributed by atoms with Gasteiger partial charge in [-0.25, -0.2) is 0 Å². The summed E-state index contributed by atoms with van der Waals surface area (Å²) in [5, 5.41) is 7.68. The molecule has 1 heterocycles. The van der Waals surface area contributed by atoms with Crippen LogP contribution in [0.5, 0.6) is 0 Å². The summed E-state index contributed by atoms with van der Waals surface area (Å²) in [5.74, 6) is 0. The van der Waals surface area contributed by atoms with Crippen LogP contribution in [0.3, 0.4) is 0 Å². The summed E-state index contributed by atoms with van der Waals surface area (Å²) in [7, 11) is 1.92. The number of nitrogens with zero attached hydrogens (tertiary/aromatic N) is 2. The van der Waals surface area contributed by atoms with Crippen molar-refractivity contribution >= 4 is 38.8 Å². The Kier molecular flexibility index (Phi) is 4.21. The Morgan fingerprint density at radius 1 is 1.53 bits per heavy atom. The van der Waals surface area contributed by atoms with Crippen molar-refractivity contribution in [2.75, 3.05) is 5.32 Å². The molecule has 0 aliphatic rings. The first kappa shape index (κ1) is 14.0. The minimum Gasteiger partial charge on any atom is -0.389 e. The summed E-state index contributed by atoms with van der Waals surface area (Å²) in [6.07, 6.45) is 2.01. The van der Waals surface area contributed by atoms with Crippen LogP contribution in [0.25, 0.3) is 0 Å². The highest BCUT2D eigenvalue weighted by atomic mass is 79.9. The van der Waals surface area contributed by atoms with Crippen molar-refractivity contribution < 1.29 is 0 Å². The van der Waals surface area contributed by atoms with Gasteiger partial charge >= 0.3 is 0 Å². The highest BCUT2D eigenvalue weighted by molar-refractivity contribution is 9.10. The third kappa shape index (κ3) is 3.33. The van der Waals surface area contributed by atoms with Crippen LogP contribution < -0.4 is 11.1 Å². The number of aryl methyl sites for hydroxylation is 2. The second-order valence-corrected chi connectivity index (χ2v) is 5.62. The minimum atomic E-state index is 0.398. The monoisotopic (exact) mass is 338 g/mol. The van der Waals surface area contributed by atoms with Crippen LogP contribution in [-0.2, 0) is 13.6 Å². The minimum absolute atomic E-state index is 0.398. The molecule has 0 aliphatic heterocycles. The highest BCUT2D eigenvalue weighted by Crippen LogP contribution is 2.24. The van der Waals surface area contributed by atoms with Crippen molar-refractivity contribution in [3.05, 3.63) is 45.7 Å². The van der Waals surface area contributed by atoms with Gasteiger partial charge in [-0.05, 0) is 41.1 Å². The fourth-order valence-corrected chi connectivity index (χ4v) is 2.47. The molecule has 0 saturated heterocycles. The van der Waals surface area contributed by atoms with E-state index in [1.54, 1.807) is 0 Å². The van der Waals surface area contributed by atoms with Gasteiger partial charge in [0.25, 0.3) is 0 Å². The molecule has 1 aromatic carbocycles. The standard InChI is InChI=1S/C13H15BrN4S/c1-8-10(7-18(2)17-8)6-16-12-4-3-9(13(15)19)5-11(12)14/h3-5,7,16H,6H2,1-2H3,(H2,15,19). The lowest BCUT2D eigenvalue weighted by molar-refractivity contribution is 0.756. The normalized spacial score (nSPS) is 10.5. The smallest absolute Gasteiger partial charge is 0.104 e. The Labute approximate surface area is 126 Å². The van der Waals surface area contributed by atoms with Gasteiger partial charge in [-0.15, -0.1) is 0 Å². The maximum atomic E-state index is 5.60. The number of benzene rings is 1. The number of rotatable bonds is 4. The van der Waals surface area contributed by atoms with E-state index in [-0.39, 0.29) is 0 Å². The first-order chi connectivity index (χ1) is 8.97. The quantitative estimate of drug-likeness (QED) is 0.841. The molecule has 0 atom stereocenters. The van der Waals surface area contributed by atoms with Gasteiger partial charge < -0.3 is 11.1 Å². The van der Waals surface area contributed by atoms with E-state index >= 15 is 0 Å². The molecule has 0 radical (unpaired) electrons. The van der Waals surface area contributed by atoms with Crippen LogP contribution in [0.4, 0.5) is 5.69 Å². The van der Waals surface area contributed by atoms with Crippen LogP contribution in [0.2, 0.25) is 0 Å². The van der Waals surface area contributed by atoms with E-state index in [0.717, 1.165) is 28.0 Å². The van der Waals surface area contributed by atoms with Gasteiger partial charge in [-0.1, -0.05) is 12.2 Å². The van der Waals surface area contributed by atoms with E-state index in [4.69, 9.17) is 18.0 Å². The van der Waals surface area contributed by atoms with Gasteiger partial charge in [-0.2, -0.15) is 5.10 Å².